The van der Waals surface area contributed by atoms with Crippen molar-refractivity contribution < 1.29 is 9.59 Å². The summed E-state index contributed by atoms with van der Waals surface area (Å²) in [5, 5.41) is 12.6. The van der Waals surface area contributed by atoms with E-state index < -0.39 is 5.91 Å². The summed E-state index contributed by atoms with van der Waals surface area (Å²) in [5.41, 5.74) is 6.96. The summed E-state index contributed by atoms with van der Waals surface area (Å²) in [4.78, 5) is 31.4. The number of pyridine rings is 1. The van der Waals surface area contributed by atoms with Gasteiger partial charge in [-0.1, -0.05) is 57.7 Å². The van der Waals surface area contributed by atoms with E-state index in [0.29, 0.717) is 35.6 Å². The van der Waals surface area contributed by atoms with Gasteiger partial charge in [-0.05, 0) is 30.0 Å². The fraction of sp³-hybridized carbons (Fsp3) is 0.391. The first-order valence-corrected chi connectivity index (χ1v) is 11.2. The molecule has 1 aromatic heterocycles. The molecule has 0 saturated carbocycles. The predicted molar refractivity (Wildman–Crippen MR) is 125 cm³/mol. The molecule has 7 nitrogen and oxygen atoms in total. The Labute approximate surface area is 188 Å². The van der Waals surface area contributed by atoms with Crippen LogP contribution >= 0.6 is 11.8 Å². The Bertz CT molecular complexity index is 944. The first-order valence-electron chi connectivity index (χ1n) is 10.2. The minimum Gasteiger partial charge on any atom is -0.383 e. The van der Waals surface area contributed by atoms with Crippen molar-refractivity contribution in [3.63, 3.8) is 0 Å². The van der Waals surface area contributed by atoms with Gasteiger partial charge in [0.15, 0.2) is 0 Å². The highest BCUT2D eigenvalue weighted by molar-refractivity contribution is 8.00. The van der Waals surface area contributed by atoms with Gasteiger partial charge in [0.05, 0.1) is 16.9 Å². The molecule has 8 heteroatoms. The van der Waals surface area contributed by atoms with E-state index in [4.69, 9.17) is 5.73 Å². The maximum atomic E-state index is 12.7. The zero-order valence-corrected chi connectivity index (χ0v) is 19.2. The lowest BCUT2D eigenvalue weighted by Gasteiger charge is -2.26. The lowest BCUT2D eigenvalue weighted by molar-refractivity contribution is -0.129. The molecule has 2 rings (SSSR count). The first kappa shape index (κ1) is 24.2. The summed E-state index contributed by atoms with van der Waals surface area (Å²) < 4.78 is 0. The van der Waals surface area contributed by atoms with Gasteiger partial charge in [-0.15, -0.1) is 0 Å². The van der Waals surface area contributed by atoms with Gasteiger partial charge < -0.3 is 16.0 Å². The second-order valence-electron chi connectivity index (χ2n) is 8.08. The normalized spacial score (nSPS) is 10.7. The van der Waals surface area contributed by atoms with Crippen LogP contribution in [0.5, 0.6) is 0 Å². The van der Waals surface area contributed by atoms with Crippen LogP contribution in [0.1, 0.15) is 43.6 Å². The first-order chi connectivity index (χ1) is 14.7. The van der Waals surface area contributed by atoms with E-state index in [9.17, 15) is 14.9 Å². The molecule has 0 aliphatic carbocycles. The Morgan fingerprint density at radius 1 is 1.16 bits per heavy atom. The summed E-state index contributed by atoms with van der Waals surface area (Å²) in [7, 11) is 0. The zero-order valence-electron chi connectivity index (χ0n) is 18.4. The van der Waals surface area contributed by atoms with Gasteiger partial charge in [0, 0.05) is 18.8 Å². The van der Waals surface area contributed by atoms with E-state index in [-0.39, 0.29) is 28.6 Å². The molecular weight excluding hydrogens is 410 g/mol. The lowest BCUT2D eigenvalue weighted by Crippen LogP contribution is -2.38. The number of para-hydroxylation sites is 1. The predicted octanol–water partition coefficient (Wildman–Crippen LogP) is 4.02. The highest BCUT2D eigenvalue weighted by Gasteiger charge is 2.20. The van der Waals surface area contributed by atoms with Crippen molar-refractivity contribution in [2.24, 2.45) is 11.8 Å². The van der Waals surface area contributed by atoms with E-state index >= 15 is 0 Å². The number of carbonyl (C=O) groups is 2. The number of nitrogens with one attached hydrogen (secondary N) is 1. The fourth-order valence-corrected chi connectivity index (χ4v) is 3.85. The number of nitriles is 1. The number of nitrogen functional groups attached to an aromatic ring is 1. The highest BCUT2D eigenvalue weighted by Crippen LogP contribution is 2.25. The van der Waals surface area contributed by atoms with Crippen LogP contribution < -0.4 is 11.1 Å². The average molecular weight is 440 g/mol. The number of hydrogen-bond donors (Lipinski definition) is 2. The smallest absolute Gasteiger partial charge is 0.259 e. The van der Waals surface area contributed by atoms with Crippen molar-refractivity contribution in [3.8, 4) is 6.07 Å². The second kappa shape index (κ2) is 11.4. The summed E-state index contributed by atoms with van der Waals surface area (Å²) >= 11 is 1.16. The molecule has 1 aromatic carbocycles. The number of amides is 2. The fourth-order valence-electron chi connectivity index (χ4n) is 2.98. The molecule has 1 heterocycles. The van der Waals surface area contributed by atoms with Gasteiger partial charge in [0.25, 0.3) is 5.91 Å². The second-order valence-corrected chi connectivity index (χ2v) is 9.04. The van der Waals surface area contributed by atoms with Crippen molar-refractivity contribution in [1.82, 2.24) is 9.88 Å². The van der Waals surface area contributed by atoms with Gasteiger partial charge in [-0.25, -0.2) is 4.98 Å². The quantitative estimate of drug-likeness (QED) is 0.571. The number of nitrogens with two attached hydrogens (primary N) is 1. The van der Waals surface area contributed by atoms with Gasteiger partial charge in [0.1, 0.15) is 16.9 Å². The highest BCUT2D eigenvalue weighted by atomic mass is 32.2. The van der Waals surface area contributed by atoms with Crippen molar-refractivity contribution in [2.45, 2.75) is 32.7 Å². The molecule has 0 aliphatic rings. The molecule has 164 valence electrons. The van der Waals surface area contributed by atoms with Gasteiger partial charge in [-0.3, -0.25) is 9.59 Å². The number of thioether (sulfide) groups is 1. The number of rotatable bonds is 9. The standard InChI is InChI=1S/C23H29N5O2S/c1-15(2)12-28(13-16(3)4)20(29)14-31-23-17(11-24)10-19(21(25)27-23)22(30)26-18-8-6-5-7-9-18/h5-10,15-16H,12-14H2,1-4H3,(H2,25,27)(H,26,30). The Kier molecular flexibility index (Phi) is 8.88. The number of benzene rings is 1. The zero-order chi connectivity index (χ0) is 23.0. The summed E-state index contributed by atoms with van der Waals surface area (Å²) in [6.45, 7) is 9.64. The Hall–Kier alpha value is -3.05. The molecular formula is C23H29N5O2S. The molecule has 3 N–H and O–H groups in total. The monoisotopic (exact) mass is 439 g/mol. The molecule has 0 spiro atoms. The maximum Gasteiger partial charge on any atom is 0.259 e. The molecule has 0 atom stereocenters. The van der Waals surface area contributed by atoms with E-state index in [1.807, 2.05) is 11.0 Å². The molecule has 0 unspecified atom stereocenters. The third-order valence-electron chi connectivity index (χ3n) is 4.27. The number of anilines is 2. The number of hydrogen-bond acceptors (Lipinski definition) is 6. The van der Waals surface area contributed by atoms with Crippen molar-refractivity contribution in [3.05, 3.63) is 47.5 Å². The van der Waals surface area contributed by atoms with Crippen molar-refractivity contribution in [2.75, 3.05) is 29.9 Å². The van der Waals surface area contributed by atoms with Gasteiger partial charge in [0.2, 0.25) is 5.91 Å². The van der Waals surface area contributed by atoms with Crippen LogP contribution in [0.2, 0.25) is 0 Å². The minimum atomic E-state index is -0.444. The van der Waals surface area contributed by atoms with E-state index in [1.54, 1.807) is 24.3 Å². The van der Waals surface area contributed by atoms with Crippen molar-refractivity contribution in [1.29, 1.82) is 5.26 Å². The van der Waals surface area contributed by atoms with Crippen LogP contribution in [0.4, 0.5) is 11.5 Å². The van der Waals surface area contributed by atoms with Crippen LogP contribution in [0.3, 0.4) is 0 Å². The third kappa shape index (κ3) is 7.30. The molecule has 2 aromatic rings. The average Bonchev–Trinajstić information content (AvgIpc) is 2.71. The lowest BCUT2D eigenvalue weighted by atomic mass is 10.1. The summed E-state index contributed by atoms with van der Waals surface area (Å²) in [6, 6.07) is 12.4. The SMILES string of the molecule is CC(C)CN(CC(C)C)C(=O)CSc1nc(N)c(C(=O)Nc2ccccc2)cc1C#N. The molecule has 0 bridgehead atoms. The van der Waals surface area contributed by atoms with Gasteiger partial charge in [-0.2, -0.15) is 5.26 Å². The number of nitrogens with zero attached hydrogens (tertiary/aromatic N) is 3. The van der Waals surface area contributed by atoms with Crippen molar-refractivity contribution >= 4 is 35.1 Å². The van der Waals surface area contributed by atoms with E-state index in [2.05, 4.69) is 44.1 Å². The molecule has 0 saturated heterocycles. The van der Waals surface area contributed by atoms with Crippen LogP contribution in [-0.4, -0.2) is 40.5 Å². The summed E-state index contributed by atoms with van der Waals surface area (Å²) in [5.74, 6) is 0.430. The van der Waals surface area contributed by atoms with E-state index in [0.717, 1.165) is 11.8 Å². The summed E-state index contributed by atoms with van der Waals surface area (Å²) in [6.07, 6.45) is 0. The molecule has 0 fully saturated rings. The Balaban J connectivity index is 2.15. The van der Waals surface area contributed by atoms with Crippen LogP contribution in [0.15, 0.2) is 41.4 Å². The van der Waals surface area contributed by atoms with Crippen LogP contribution in [0.25, 0.3) is 0 Å². The molecule has 31 heavy (non-hydrogen) atoms. The largest absolute Gasteiger partial charge is 0.383 e. The van der Waals surface area contributed by atoms with Crippen LogP contribution in [0, 0.1) is 23.2 Å². The maximum absolute atomic E-state index is 12.7. The van der Waals surface area contributed by atoms with E-state index in [1.165, 1.54) is 6.07 Å². The minimum absolute atomic E-state index is 0.0115. The number of carbonyl (C=O) groups excluding carboxylic acids is 2. The molecule has 2 amide bonds. The van der Waals surface area contributed by atoms with Gasteiger partial charge >= 0.3 is 0 Å². The Morgan fingerprint density at radius 2 is 1.77 bits per heavy atom. The molecule has 0 aliphatic heterocycles. The third-order valence-corrected chi connectivity index (χ3v) is 5.25. The topological polar surface area (TPSA) is 112 Å². The van der Waals surface area contributed by atoms with Crippen LogP contribution in [-0.2, 0) is 4.79 Å². The number of aromatic nitrogens is 1. The molecule has 0 radical (unpaired) electrons. The Morgan fingerprint density at radius 3 is 2.32 bits per heavy atom.